The highest BCUT2D eigenvalue weighted by molar-refractivity contribution is 6.00. The van der Waals surface area contributed by atoms with Crippen molar-refractivity contribution in [3.63, 3.8) is 0 Å². The molecule has 1 aromatic carbocycles. The minimum atomic E-state index is -0.656. The third-order valence-corrected chi connectivity index (χ3v) is 6.15. The third-order valence-electron chi connectivity index (χ3n) is 6.15. The van der Waals surface area contributed by atoms with Crippen molar-refractivity contribution in [3.8, 4) is 0 Å². The van der Waals surface area contributed by atoms with E-state index in [4.69, 9.17) is 0 Å². The Morgan fingerprint density at radius 2 is 1.85 bits per heavy atom. The second-order valence-electron chi connectivity index (χ2n) is 8.20. The van der Waals surface area contributed by atoms with Crippen molar-refractivity contribution in [1.82, 2.24) is 10.2 Å². The van der Waals surface area contributed by atoms with Crippen molar-refractivity contribution < 1.29 is 14.0 Å². The molecule has 3 unspecified atom stereocenters. The topological polar surface area (TPSA) is 52.7 Å². The summed E-state index contributed by atoms with van der Waals surface area (Å²) in [4.78, 5) is 28.0. The van der Waals surface area contributed by atoms with Crippen LogP contribution in [-0.2, 0) is 9.59 Å². The van der Waals surface area contributed by atoms with Crippen molar-refractivity contribution in [1.29, 1.82) is 0 Å². The van der Waals surface area contributed by atoms with E-state index >= 15 is 0 Å². The standard InChI is InChI=1S/C21H28FN3O2/c22-17-2-1-10-24(14-17)12-15-9-11-25(13-15)18-5-3-16(4-6-18)19-7-8-20(26)23-21(19)27/h3-6,15,17,19H,1-2,7-14H2,(H,23,26,27). The van der Waals surface area contributed by atoms with Gasteiger partial charge in [-0.25, -0.2) is 4.39 Å². The fourth-order valence-electron chi connectivity index (χ4n) is 4.68. The fourth-order valence-corrected chi connectivity index (χ4v) is 4.68. The lowest BCUT2D eigenvalue weighted by atomic mass is 9.90. The second kappa shape index (κ2) is 7.97. The van der Waals surface area contributed by atoms with Crippen molar-refractivity contribution in [2.24, 2.45) is 5.92 Å². The van der Waals surface area contributed by atoms with E-state index in [1.165, 1.54) is 5.69 Å². The number of likely N-dealkylation sites (tertiary alicyclic amines) is 1. The molecule has 0 aromatic heterocycles. The monoisotopic (exact) mass is 373 g/mol. The van der Waals surface area contributed by atoms with Crippen LogP contribution in [0.25, 0.3) is 0 Å². The Morgan fingerprint density at radius 1 is 1.04 bits per heavy atom. The first kappa shape index (κ1) is 18.4. The van der Waals surface area contributed by atoms with Crippen LogP contribution in [0.5, 0.6) is 0 Å². The molecule has 3 aliphatic rings. The van der Waals surface area contributed by atoms with Crippen molar-refractivity contribution in [2.75, 3.05) is 37.6 Å². The number of rotatable bonds is 4. The molecule has 1 aromatic rings. The Morgan fingerprint density at radius 3 is 2.59 bits per heavy atom. The van der Waals surface area contributed by atoms with Crippen LogP contribution in [0.3, 0.4) is 0 Å². The van der Waals surface area contributed by atoms with Gasteiger partial charge in [-0.2, -0.15) is 0 Å². The van der Waals surface area contributed by atoms with E-state index in [9.17, 15) is 14.0 Å². The van der Waals surface area contributed by atoms with E-state index in [-0.39, 0.29) is 17.7 Å². The van der Waals surface area contributed by atoms with Crippen LogP contribution in [0.4, 0.5) is 10.1 Å². The van der Waals surface area contributed by atoms with Gasteiger partial charge in [0.1, 0.15) is 6.17 Å². The summed E-state index contributed by atoms with van der Waals surface area (Å²) in [5.41, 5.74) is 2.15. The van der Waals surface area contributed by atoms with Gasteiger partial charge in [-0.15, -0.1) is 0 Å². The van der Waals surface area contributed by atoms with E-state index in [1.54, 1.807) is 0 Å². The maximum absolute atomic E-state index is 13.6. The first-order valence-corrected chi connectivity index (χ1v) is 10.1. The molecule has 2 amide bonds. The van der Waals surface area contributed by atoms with Crippen molar-refractivity contribution in [3.05, 3.63) is 29.8 Å². The largest absolute Gasteiger partial charge is 0.371 e. The number of hydrogen-bond acceptors (Lipinski definition) is 4. The number of alkyl halides is 1. The van der Waals surface area contributed by atoms with E-state index in [0.717, 1.165) is 44.6 Å². The molecule has 5 nitrogen and oxygen atoms in total. The minimum Gasteiger partial charge on any atom is -0.371 e. The van der Waals surface area contributed by atoms with Gasteiger partial charge in [0.15, 0.2) is 0 Å². The van der Waals surface area contributed by atoms with Crippen molar-refractivity contribution in [2.45, 2.75) is 44.2 Å². The summed E-state index contributed by atoms with van der Waals surface area (Å²) < 4.78 is 13.6. The summed E-state index contributed by atoms with van der Waals surface area (Å²) in [5.74, 6) is -0.00219. The van der Waals surface area contributed by atoms with Crippen LogP contribution in [0.2, 0.25) is 0 Å². The predicted molar refractivity (Wildman–Crippen MR) is 102 cm³/mol. The smallest absolute Gasteiger partial charge is 0.234 e. The summed E-state index contributed by atoms with van der Waals surface area (Å²) in [6.45, 7) is 4.64. The Kier molecular flexibility index (Phi) is 5.43. The lowest BCUT2D eigenvalue weighted by Gasteiger charge is -2.31. The van der Waals surface area contributed by atoms with Gasteiger partial charge in [0.2, 0.25) is 11.8 Å². The molecular formula is C21H28FN3O2. The van der Waals surface area contributed by atoms with E-state index in [0.29, 0.717) is 31.7 Å². The molecule has 0 spiro atoms. The molecule has 0 aliphatic carbocycles. The molecule has 0 saturated carbocycles. The number of carbonyl (C=O) groups is 2. The number of carbonyl (C=O) groups excluding carboxylic acids is 2. The minimum absolute atomic E-state index is 0.177. The number of anilines is 1. The molecule has 0 radical (unpaired) electrons. The Balaban J connectivity index is 1.33. The van der Waals surface area contributed by atoms with Crippen molar-refractivity contribution >= 4 is 17.5 Å². The molecule has 1 N–H and O–H groups in total. The molecule has 0 bridgehead atoms. The van der Waals surface area contributed by atoms with Gasteiger partial charge < -0.3 is 9.80 Å². The number of nitrogens with zero attached hydrogens (tertiary/aromatic N) is 2. The predicted octanol–water partition coefficient (Wildman–Crippen LogP) is 2.47. The van der Waals surface area contributed by atoms with E-state index < -0.39 is 6.17 Å². The van der Waals surface area contributed by atoms with Gasteiger partial charge in [-0.1, -0.05) is 12.1 Å². The summed E-state index contributed by atoms with van der Waals surface area (Å²) in [6, 6.07) is 8.20. The average Bonchev–Trinajstić information content (AvgIpc) is 3.10. The highest BCUT2D eigenvalue weighted by atomic mass is 19.1. The molecule has 3 saturated heterocycles. The summed E-state index contributed by atoms with van der Waals surface area (Å²) in [6.07, 6.45) is 3.16. The Bertz CT molecular complexity index is 693. The quantitative estimate of drug-likeness (QED) is 0.824. The van der Waals surface area contributed by atoms with Gasteiger partial charge in [0.05, 0.1) is 5.92 Å². The van der Waals surface area contributed by atoms with E-state index in [1.807, 2.05) is 12.1 Å². The molecular weight excluding hydrogens is 345 g/mol. The maximum atomic E-state index is 13.6. The van der Waals surface area contributed by atoms with Crippen LogP contribution in [0.1, 0.15) is 43.6 Å². The van der Waals surface area contributed by atoms with E-state index in [2.05, 4.69) is 27.2 Å². The van der Waals surface area contributed by atoms with Gasteiger partial charge in [-0.3, -0.25) is 14.9 Å². The number of piperidine rings is 2. The molecule has 27 heavy (non-hydrogen) atoms. The van der Waals surface area contributed by atoms with Gasteiger partial charge in [-0.05, 0) is 55.8 Å². The average molecular weight is 373 g/mol. The highest BCUT2D eigenvalue weighted by Crippen LogP contribution is 2.29. The molecule has 3 heterocycles. The molecule has 3 aliphatic heterocycles. The van der Waals surface area contributed by atoms with Crippen LogP contribution in [0.15, 0.2) is 24.3 Å². The lowest BCUT2D eigenvalue weighted by Crippen LogP contribution is -2.40. The number of halogens is 1. The number of amides is 2. The van der Waals surface area contributed by atoms with Crippen LogP contribution in [0, 0.1) is 5.92 Å². The summed E-state index contributed by atoms with van der Waals surface area (Å²) >= 11 is 0. The highest BCUT2D eigenvalue weighted by Gasteiger charge is 2.29. The molecule has 6 heteroatoms. The first-order chi connectivity index (χ1) is 13.1. The normalized spacial score (nSPS) is 29.8. The molecule has 3 atom stereocenters. The van der Waals surface area contributed by atoms with Gasteiger partial charge in [0.25, 0.3) is 0 Å². The van der Waals surface area contributed by atoms with Crippen LogP contribution in [-0.4, -0.2) is 55.6 Å². The second-order valence-corrected chi connectivity index (χ2v) is 8.20. The zero-order valence-electron chi connectivity index (χ0n) is 15.7. The Labute approximate surface area is 159 Å². The third kappa shape index (κ3) is 4.32. The van der Waals surface area contributed by atoms with Gasteiger partial charge in [0, 0.05) is 38.3 Å². The lowest BCUT2D eigenvalue weighted by molar-refractivity contribution is -0.134. The van der Waals surface area contributed by atoms with Crippen LogP contribution >= 0.6 is 0 Å². The number of hydrogen-bond donors (Lipinski definition) is 1. The fraction of sp³-hybridized carbons (Fsp3) is 0.619. The molecule has 146 valence electrons. The van der Waals surface area contributed by atoms with Crippen LogP contribution < -0.4 is 10.2 Å². The zero-order valence-corrected chi connectivity index (χ0v) is 15.7. The van der Waals surface area contributed by atoms with Gasteiger partial charge >= 0.3 is 0 Å². The summed E-state index contributed by atoms with van der Waals surface area (Å²) in [5, 5.41) is 2.43. The maximum Gasteiger partial charge on any atom is 0.234 e. The molecule has 3 fully saturated rings. The number of nitrogens with one attached hydrogen (secondary N) is 1. The first-order valence-electron chi connectivity index (χ1n) is 10.1. The summed E-state index contributed by atoms with van der Waals surface area (Å²) in [7, 11) is 0. The number of imide groups is 1. The number of benzene rings is 1. The molecule has 4 rings (SSSR count). The SMILES string of the molecule is O=C1CCC(c2ccc(N3CCC(CN4CCCC(F)C4)C3)cc2)C(=O)N1. The Hall–Kier alpha value is -1.95. The zero-order chi connectivity index (χ0) is 18.8.